The van der Waals surface area contributed by atoms with Crippen molar-refractivity contribution < 1.29 is 18.3 Å². The number of rotatable bonds is 6. The van der Waals surface area contributed by atoms with Gasteiger partial charge in [0.1, 0.15) is 0 Å². The molecular formula is C13H17NO4S. The van der Waals surface area contributed by atoms with Gasteiger partial charge in [-0.1, -0.05) is 19.1 Å². The molecule has 0 spiro atoms. The Bertz CT molecular complexity index is 573. The van der Waals surface area contributed by atoms with Crippen LogP contribution in [0.3, 0.4) is 0 Å². The van der Waals surface area contributed by atoms with Gasteiger partial charge in [-0.05, 0) is 36.0 Å². The summed E-state index contributed by atoms with van der Waals surface area (Å²) in [6, 6.07) is 5.88. The lowest BCUT2D eigenvalue weighted by atomic mass is 10.1. The van der Waals surface area contributed by atoms with Gasteiger partial charge in [0.05, 0.1) is 11.3 Å². The molecule has 1 aromatic rings. The predicted octanol–water partition coefficient (Wildman–Crippen LogP) is 1.60. The summed E-state index contributed by atoms with van der Waals surface area (Å²) in [4.78, 5) is 10.7. The molecule has 0 aromatic heterocycles. The summed E-state index contributed by atoms with van der Waals surface area (Å²) in [5, 5.41) is 8.76. The van der Waals surface area contributed by atoms with E-state index in [9.17, 15) is 13.2 Å². The molecule has 0 heterocycles. The highest BCUT2D eigenvalue weighted by molar-refractivity contribution is 7.88. The molecule has 0 aliphatic heterocycles. The van der Waals surface area contributed by atoms with Crippen LogP contribution in [0, 0.1) is 5.41 Å². The molecule has 1 fully saturated rings. The van der Waals surface area contributed by atoms with Crippen LogP contribution in [0.1, 0.15) is 35.7 Å². The monoisotopic (exact) mass is 283 g/mol. The third-order valence-corrected chi connectivity index (χ3v) is 4.68. The highest BCUT2D eigenvalue weighted by Gasteiger charge is 2.37. The van der Waals surface area contributed by atoms with Crippen molar-refractivity contribution in [2.45, 2.75) is 25.5 Å². The largest absolute Gasteiger partial charge is 0.478 e. The number of carboxylic acid groups (broad SMARTS) is 1. The average molecular weight is 283 g/mol. The highest BCUT2D eigenvalue weighted by Crippen LogP contribution is 2.44. The molecule has 1 aliphatic carbocycles. The standard InChI is InChI=1S/C13H17NO4S/c1-13(6-7-13)9-14-19(17,18)8-10-2-4-11(5-3-10)12(15)16/h2-5,14H,6-9H2,1H3,(H,15,16). The number of aromatic carboxylic acids is 1. The van der Waals surface area contributed by atoms with E-state index in [2.05, 4.69) is 11.6 Å². The van der Waals surface area contributed by atoms with Crippen LogP contribution in [0.25, 0.3) is 0 Å². The summed E-state index contributed by atoms with van der Waals surface area (Å²) in [5.41, 5.74) is 0.860. The van der Waals surface area contributed by atoms with Crippen LogP contribution in [-0.2, 0) is 15.8 Å². The lowest BCUT2D eigenvalue weighted by Crippen LogP contribution is -2.30. The molecule has 104 valence electrons. The molecule has 1 saturated carbocycles. The highest BCUT2D eigenvalue weighted by atomic mass is 32.2. The van der Waals surface area contributed by atoms with Crippen LogP contribution in [0.2, 0.25) is 0 Å². The molecule has 2 N–H and O–H groups in total. The molecule has 6 heteroatoms. The van der Waals surface area contributed by atoms with Crippen molar-refractivity contribution in [3.8, 4) is 0 Å². The molecule has 0 bridgehead atoms. The molecule has 0 unspecified atom stereocenters. The lowest BCUT2D eigenvalue weighted by molar-refractivity contribution is 0.0697. The molecule has 0 amide bonds. The van der Waals surface area contributed by atoms with E-state index in [4.69, 9.17) is 5.11 Å². The number of hydrogen-bond acceptors (Lipinski definition) is 3. The Morgan fingerprint density at radius 1 is 1.32 bits per heavy atom. The van der Waals surface area contributed by atoms with Crippen LogP contribution in [0.4, 0.5) is 0 Å². The zero-order valence-electron chi connectivity index (χ0n) is 10.7. The summed E-state index contributed by atoms with van der Waals surface area (Å²) in [5.74, 6) is -1.14. The summed E-state index contributed by atoms with van der Waals surface area (Å²) < 4.78 is 26.3. The minimum atomic E-state index is -3.36. The van der Waals surface area contributed by atoms with E-state index in [-0.39, 0.29) is 16.7 Å². The summed E-state index contributed by atoms with van der Waals surface area (Å²) in [7, 11) is -3.36. The lowest BCUT2D eigenvalue weighted by Gasteiger charge is -2.10. The minimum Gasteiger partial charge on any atom is -0.478 e. The second kappa shape index (κ2) is 4.94. The van der Waals surface area contributed by atoms with Gasteiger partial charge in [0, 0.05) is 6.54 Å². The Balaban J connectivity index is 1.97. The molecule has 1 aromatic carbocycles. The maximum absolute atomic E-state index is 11.9. The fourth-order valence-corrected chi connectivity index (χ4v) is 2.99. The van der Waals surface area contributed by atoms with Crippen LogP contribution in [-0.4, -0.2) is 26.0 Å². The predicted molar refractivity (Wildman–Crippen MR) is 71.4 cm³/mol. The van der Waals surface area contributed by atoms with Crippen LogP contribution in [0.5, 0.6) is 0 Å². The van der Waals surface area contributed by atoms with Gasteiger partial charge in [-0.15, -0.1) is 0 Å². The quantitative estimate of drug-likeness (QED) is 0.830. The first kappa shape index (κ1) is 14.0. The van der Waals surface area contributed by atoms with Crippen molar-refractivity contribution in [3.63, 3.8) is 0 Å². The van der Waals surface area contributed by atoms with E-state index in [1.54, 1.807) is 0 Å². The Labute approximate surface area is 112 Å². The summed E-state index contributed by atoms with van der Waals surface area (Å²) in [6.07, 6.45) is 2.12. The smallest absolute Gasteiger partial charge is 0.335 e. The first-order valence-corrected chi connectivity index (χ1v) is 7.75. The van der Waals surface area contributed by atoms with Crippen molar-refractivity contribution >= 4 is 16.0 Å². The van der Waals surface area contributed by atoms with E-state index in [0.717, 1.165) is 12.8 Å². The SMILES string of the molecule is CC1(CNS(=O)(=O)Cc2ccc(C(=O)O)cc2)CC1. The van der Waals surface area contributed by atoms with Gasteiger partial charge in [-0.3, -0.25) is 0 Å². The molecule has 1 aliphatic rings. The normalized spacial score (nSPS) is 17.1. The molecule has 0 atom stereocenters. The van der Waals surface area contributed by atoms with E-state index in [1.165, 1.54) is 24.3 Å². The van der Waals surface area contributed by atoms with Gasteiger partial charge in [-0.25, -0.2) is 17.9 Å². The van der Waals surface area contributed by atoms with Gasteiger partial charge in [0.2, 0.25) is 10.0 Å². The van der Waals surface area contributed by atoms with Gasteiger partial charge in [0.15, 0.2) is 0 Å². The average Bonchev–Trinajstić information content (AvgIpc) is 3.06. The number of hydrogen-bond donors (Lipinski definition) is 2. The summed E-state index contributed by atoms with van der Waals surface area (Å²) >= 11 is 0. The topological polar surface area (TPSA) is 83.5 Å². The molecule has 5 nitrogen and oxygen atoms in total. The first-order valence-electron chi connectivity index (χ1n) is 6.09. The number of sulfonamides is 1. The second-order valence-corrected chi connectivity index (χ2v) is 7.20. The molecule has 2 rings (SSSR count). The van der Waals surface area contributed by atoms with Crippen LogP contribution < -0.4 is 4.72 Å². The van der Waals surface area contributed by atoms with Gasteiger partial charge in [-0.2, -0.15) is 0 Å². The minimum absolute atomic E-state index is 0.122. The van der Waals surface area contributed by atoms with Gasteiger partial charge in [0.25, 0.3) is 0 Å². The second-order valence-electron chi connectivity index (χ2n) is 5.39. The van der Waals surface area contributed by atoms with Crippen molar-refractivity contribution in [1.82, 2.24) is 4.72 Å². The zero-order valence-corrected chi connectivity index (χ0v) is 11.5. The maximum Gasteiger partial charge on any atom is 0.335 e. The molecular weight excluding hydrogens is 266 g/mol. The summed E-state index contributed by atoms with van der Waals surface area (Å²) in [6.45, 7) is 2.53. The fourth-order valence-electron chi connectivity index (χ4n) is 1.69. The molecule has 19 heavy (non-hydrogen) atoms. The van der Waals surface area contributed by atoms with Gasteiger partial charge < -0.3 is 5.11 Å². The maximum atomic E-state index is 11.9. The molecule has 0 radical (unpaired) electrons. The number of carboxylic acids is 1. The number of nitrogens with one attached hydrogen (secondary N) is 1. The zero-order chi connectivity index (χ0) is 14.1. The Hall–Kier alpha value is -1.40. The Kier molecular flexibility index (Phi) is 3.64. The van der Waals surface area contributed by atoms with Crippen LogP contribution >= 0.6 is 0 Å². The van der Waals surface area contributed by atoms with E-state index >= 15 is 0 Å². The van der Waals surface area contributed by atoms with Crippen molar-refractivity contribution in [2.75, 3.05) is 6.54 Å². The van der Waals surface area contributed by atoms with Crippen molar-refractivity contribution in [3.05, 3.63) is 35.4 Å². The fraction of sp³-hybridized carbons (Fsp3) is 0.462. The van der Waals surface area contributed by atoms with E-state index < -0.39 is 16.0 Å². The number of carbonyl (C=O) groups is 1. The van der Waals surface area contributed by atoms with Crippen molar-refractivity contribution in [2.24, 2.45) is 5.41 Å². The van der Waals surface area contributed by atoms with Crippen LogP contribution in [0.15, 0.2) is 24.3 Å². The van der Waals surface area contributed by atoms with Gasteiger partial charge >= 0.3 is 5.97 Å². The number of benzene rings is 1. The van der Waals surface area contributed by atoms with E-state index in [1.807, 2.05) is 0 Å². The van der Waals surface area contributed by atoms with Crippen molar-refractivity contribution in [1.29, 1.82) is 0 Å². The third kappa shape index (κ3) is 4.04. The third-order valence-electron chi connectivity index (χ3n) is 3.38. The Morgan fingerprint density at radius 3 is 2.37 bits per heavy atom. The molecule has 0 saturated heterocycles. The Morgan fingerprint density at radius 2 is 1.89 bits per heavy atom. The first-order chi connectivity index (χ1) is 8.80. The van der Waals surface area contributed by atoms with E-state index in [0.29, 0.717) is 12.1 Å².